The molecule has 0 unspecified atom stereocenters. The summed E-state index contributed by atoms with van der Waals surface area (Å²) in [5.41, 5.74) is -2.41. The summed E-state index contributed by atoms with van der Waals surface area (Å²) in [5.74, 6) is 0.287. The van der Waals surface area contributed by atoms with Crippen molar-refractivity contribution in [1.29, 1.82) is 0 Å². The highest BCUT2D eigenvalue weighted by Crippen LogP contribution is 2.80. The largest absolute Gasteiger partial charge is 0.396 e. The van der Waals surface area contributed by atoms with Gasteiger partial charge in [-0.05, 0) is 98.2 Å². The minimum absolute atomic E-state index is 0.115. The van der Waals surface area contributed by atoms with Crippen LogP contribution in [-0.4, -0.2) is 287 Å². The first-order valence-electron chi connectivity index (χ1n) is 30.7. The van der Waals surface area contributed by atoms with Gasteiger partial charge in [-0.25, -0.2) is 0 Å². The van der Waals surface area contributed by atoms with E-state index in [4.69, 9.17) is 52.1 Å². The molecule has 0 radical (unpaired) electrons. The summed E-state index contributed by atoms with van der Waals surface area (Å²) in [5, 5.41) is 176. The van der Waals surface area contributed by atoms with E-state index in [0.29, 0.717) is 32.3 Å². The minimum Gasteiger partial charge on any atom is -0.396 e. The van der Waals surface area contributed by atoms with E-state index in [2.05, 4.69) is 34.6 Å². The molecule has 0 aromatic rings. The molecule has 2 bridgehead atoms. The molecule has 490 valence electrons. The van der Waals surface area contributed by atoms with E-state index >= 15 is 0 Å². The lowest BCUT2D eigenvalue weighted by Crippen LogP contribution is -2.74. The molecule has 6 saturated heterocycles. The van der Waals surface area contributed by atoms with Gasteiger partial charge in [-0.1, -0.05) is 41.5 Å². The number of fused-ring (bicyclic) bond motifs is 4. The Bertz CT molecular complexity index is 2310. The molecule has 34 atom stereocenters. The molecule has 6 heterocycles. The summed E-state index contributed by atoms with van der Waals surface area (Å²) in [7, 11) is 0. The van der Waals surface area contributed by atoms with Crippen molar-refractivity contribution in [3.63, 3.8) is 0 Å². The van der Waals surface area contributed by atoms with E-state index in [1.165, 1.54) is 0 Å². The average molecular weight is 1230 g/mol. The number of aliphatic hydroxyl groups is 16. The smallest absolute Gasteiger partial charge is 0.187 e. The maximum absolute atomic E-state index is 12.6. The van der Waals surface area contributed by atoms with E-state index in [-0.39, 0.29) is 57.0 Å². The van der Waals surface area contributed by atoms with Gasteiger partial charge in [-0.3, -0.25) is 0 Å². The van der Waals surface area contributed by atoms with Crippen molar-refractivity contribution in [3.8, 4) is 0 Å². The third-order valence-electron chi connectivity index (χ3n) is 24.1. The standard InChI is InChI=1S/C58H96O27/c1-52(2)13-14-57-23-77-58(31(57)15-52)12-8-30-53(3)10-9-33(54(4,22-62)29(53)7-11-55(30,5)56(58,6)16-32(57)64)82-50-45(85-49-42(73)39(70)36(67)26(18-60)79-49)37(68)28(21-76-50)81-51-46(84-47-40(71)34(65)24(63)20-75-47)43(74)44(27(19-61)80-51)83-48-41(72)38(69)35(66)25(17-59)78-48/h24-51,59-74H,7-23H2,1-6H3/t24-,25-,26-,27-,28+,29-,30-,31-,32-,33+,34+,35-,36-,37+,38+,39+,40-,41-,42-,43+,44-,45-,46-,47+,48+,49+,50+,51+,53+,54+,55-,56+,57-,58+/m1/s1. The number of hydrogen-bond donors (Lipinski definition) is 16. The van der Waals surface area contributed by atoms with E-state index < -0.39 is 192 Å². The van der Waals surface area contributed by atoms with Gasteiger partial charge in [0.2, 0.25) is 0 Å². The molecule has 11 aliphatic rings. The minimum atomic E-state index is -2.06. The van der Waals surface area contributed by atoms with Crippen molar-refractivity contribution in [3.05, 3.63) is 0 Å². The van der Waals surface area contributed by atoms with Crippen molar-refractivity contribution in [2.24, 2.45) is 50.2 Å². The quantitative estimate of drug-likeness (QED) is 0.0732. The molecule has 11 fully saturated rings. The molecule has 85 heavy (non-hydrogen) atoms. The molecule has 16 N–H and O–H groups in total. The van der Waals surface area contributed by atoms with Crippen LogP contribution in [0.1, 0.15) is 106 Å². The first-order chi connectivity index (χ1) is 40.0. The van der Waals surface area contributed by atoms with Gasteiger partial charge in [0.15, 0.2) is 31.5 Å². The number of rotatable bonds is 14. The van der Waals surface area contributed by atoms with Gasteiger partial charge in [0.1, 0.15) is 110 Å². The Kier molecular flexibility index (Phi) is 18.3. The fraction of sp³-hybridized carbons (Fsp3) is 1.00. The first kappa shape index (κ1) is 65.4. The second-order valence-electron chi connectivity index (χ2n) is 28.8. The zero-order valence-electron chi connectivity index (χ0n) is 49.3. The molecule has 5 saturated carbocycles. The lowest BCUT2D eigenvalue weighted by molar-refractivity contribution is -0.402. The van der Waals surface area contributed by atoms with Gasteiger partial charge in [0.25, 0.3) is 0 Å². The van der Waals surface area contributed by atoms with Crippen molar-refractivity contribution in [1.82, 2.24) is 0 Å². The first-order valence-corrected chi connectivity index (χ1v) is 30.7. The SMILES string of the molecule is CC1(C)CC[C@]23CO[C@@]4(CC[C@@H]5[C@@]6(C)CC[C@H](O[C@@H]7OC[C@H](O[C@@H]8O[C@H](CO)[C@@H](O[C@@H]9O[C@H](CO)[C@@H](O)[C@H](O)[C@H]9O)[C@H](O)[C@H]8O[C@@H]8OC[C@@H](O)[C@H](O)[C@H]8O)[C@H](O)[C@H]7O[C@@H]7O[C@H](CO)[C@@H](O)[C@H](O)[C@H]7O)[C@@](C)(CO)[C@@H]6CC[C@@]5(C)[C@]4(C)C[C@H]2O)[C@@H]3C1. The van der Waals surface area contributed by atoms with E-state index in [0.717, 1.165) is 38.5 Å². The highest BCUT2D eigenvalue weighted by atomic mass is 16.8. The monoisotopic (exact) mass is 1220 g/mol. The number of ether oxygens (including phenoxy) is 11. The Morgan fingerprint density at radius 3 is 1.64 bits per heavy atom. The third-order valence-corrected chi connectivity index (χ3v) is 24.1. The van der Waals surface area contributed by atoms with Crippen molar-refractivity contribution in [2.75, 3.05) is 46.2 Å². The van der Waals surface area contributed by atoms with Crippen LogP contribution in [0.4, 0.5) is 0 Å². The summed E-state index contributed by atoms with van der Waals surface area (Å²) >= 11 is 0. The summed E-state index contributed by atoms with van der Waals surface area (Å²) in [6, 6.07) is 0. The van der Waals surface area contributed by atoms with Gasteiger partial charge < -0.3 is 134 Å². The van der Waals surface area contributed by atoms with Crippen LogP contribution in [-0.2, 0) is 52.1 Å². The summed E-state index contributed by atoms with van der Waals surface area (Å²) in [4.78, 5) is 0. The fourth-order valence-corrected chi connectivity index (χ4v) is 18.9. The highest BCUT2D eigenvalue weighted by molar-refractivity contribution is 5.28. The van der Waals surface area contributed by atoms with Crippen molar-refractivity contribution in [2.45, 2.75) is 265 Å². The Morgan fingerprint density at radius 1 is 0.447 bits per heavy atom. The molecule has 1 spiro atoms. The van der Waals surface area contributed by atoms with E-state index in [9.17, 15) is 81.7 Å². The Labute approximate surface area is 493 Å². The molecule has 0 aromatic heterocycles. The predicted molar refractivity (Wildman–Crippen MR) is 284 cm³/mol. The van der Waals surface area contributed by atoms with Crippen LogP contribution in [0.5, 0.6) is 0 Å². The van der Waals surface area contributed by atoms with Crippen LogP contribution in [0.3, 0.4) is 0 Å². The molecule has 11 rings (SSSR count). The molecule has 5 aliphatic carbocycles. The van der Waals surface area contributed by atoms with Gasteiger partial charge >= 0.3 is 0 Å². The molecule has 0 amide bonds. The van der Waals surface area contributed by atoms with Crippen LogP contribution in [0.25, 0.3) is 0 Å². The van der Waals surface area contributed by atoms with E-state index in [1.54, 1.807) is 0 Å². The zero-order valence-corrected chi connectivity index (χ0v) is 49.3. The molecule has 27 nitrogen and oxygen atoms in total. The summed E-state index contributed by atoms with van der Waals surface area (Å²) in [6.45, 7) is 10.3. The molecule has 27 heteroatoms. The maximum Gasteiger partial charge on any atom is 0.187 e. The van der Waals surface area contributed by atoms with Gasteiger partial charge in [-0.2, -0.15) is 0 Å². The molecule has 0 aromatic carbocycles. The van der Waals surface area contributed by atoms with Crippen LogP contribution in [0.15, 0.2) is 0 Å². The summed E-state index contributed by atoms with van der Waals surface area (Å²) < 4.78 is 68.2. The Hall–Kier alpha value is -1.08. The Morgan fingerprint density at radius 2 is 1.01 bits per heavy atom. The third kappa shape index (κ3) is 10.3. The molecular formula is C58H96O27. The molecular weight excluding hydrogens is 1130 g/mol. The van der Waals surface area contributed by atoms with Crippen LogP contribution in [0, 0.1) is 50.2 Å². The van der Waals surface area contributed by atoms with Gasteiger partial charge in [-0.15, -0.1) is 0 Å². The maximum atomic E-state index is 12.6. The van der Waals surface area contributed by atoms with E-state index in [1.807, 2.05) is 6.92 Å². The number of hydrogen-bond acceptors (Lipinski definition) is 27. The lowest BCUT2D eigenvalue weighted by Gasteiger charge is -2.75. The second kappa shape index (κ2) is 23.8. The normalized spacial score (nSPS) is 57.7. The zero-order chi connectivity index (χ0) is 61.5. The van der Waals surface area contributed by atoms with Gasteiger partial charge in [0.05, 0.1) is 64.1 Å². The number of aliphatic hydroxyl groups excluding tert-OH is 16. The lowest BCUT2D eigenvalue weighted by atomic mass is 9.30. The average Bonchev–Trinajstić information content (AvgIpc) is 1.63. The molecule has 6 aliphatic heterocycles. The van der Waals surface area contributed by atoms with Crippen molar-refractivity contribution < 1.29 is 134 Å². The van der Waals surface area contributed by atoms with Crippen LogP contribution < -0.4 is 0 Å². The highest BCUT2D eigenvalue weighted by Gasteiger charge is 2.80. The van der Waals surface area contributed by atoms with Crippen LogP contribution in [0.2, 0.25) is 0 Å². The topological polar surface area (TPSA) is 425 Å². The summed E-state index contributed by atoms with van der Waals surface area (Å²) in [6.07, 6.45) is -34.6. The second-order valence-corrected chi connectivity index (χ2v) is 28.8. The van der Waals surface area contributed by atoms with Crippen LogP contribution >= 0.6 is 0 Å². The predicted octanol–water partition coefficient (Wildman–Crippen LogP) is -4.28. The Balaban J connectivity index is 0.863. The van der Waals surface area contributed by atoms with Gasteiger partial charge in [0, 0.05) is 16.2 Å². The fourth-order valence-electron chi connectivity index (χ4n) is 18.9. The van der Waals surface area contributed by atoms with Crippen molar-refractivity contribution >= 4 is 0 Å².